The van der Waals surface area contributed by atoms with Crippen molar-refractivity contribution in [2.24, 2.45) is 11.7 Å². The van der Waals surface area contributed by atoms with E-state index in [2.05, 4.69) is 11.9 Å². The van der Waals surface area contributed by atoms with Crippen LogP contribution in [0.25, 0.3) is 0 Å². The highest BCUT2D eigenvalue weighted by atomic mass is 19.1. The number of nitrogens with two attached hydrogens (primary N) is 1. The lowest BCUT2D eigenvalue weighted by Gasteiger charge is -2.11. The second kappa shape index (κ2) is 4.94. The normalized spacial score (nSPS) is 11.2. The first kappa shape index (κ1) is 11.7. The molecular formula is C11H10FN3O. The Balaban J connectivity index is 2.75. The highest BCUT2D eigenvalue weighted by Crippen LogP contribution is 2.14. The molecule has 0 aliphatic heterocycles. The minimum Gasteiger partial charge on any atom is -0.368 e. The second-order valence-electron chi connectivity index (χ2n) is 3.12. The Morgan fingerprint density at radius 1 is 1.50 bits per heavy atom. The zero-order valence-electron chi connectivity index (χ0n) is 8.40. The fourth-order valence-electron chi connectivity index (χ4n) is 1.10. The van der Waals surface area contributed by atoms with E-state index in [-0.39, 0.29) is 11.5 Å². The third kappa shape index (κ3) is 2.82. The number of hydrogen-bond acceptors (Lipinski definition) is 3. The molecule has 0 saturated carbocycles. The third-order valence-electron chi connectivity index (χ3n) is 1.91. The number of nitrogens with one attached hydrogen (secondary N) is 1. The molecule has 0 aromatic heterocycles. The summed E-state index contributed by atoms with van der Waals surface area (Å²) in [7, 11) is 0. The van der Waals surface area contributed by atoms with Gasteiger partial charge in [-0.1, -0.05) is 6.58 Å². The molecule has 5 heteroatoms. The first-order chi connectivity index (χ1) is 7.54. The zero-order chi connectivity index (χ0) is 12.1. The zero-order valence-corrected chi connectivity index (χ0v) is 8.40. The van der Waals surface area contributed by atoms with Crippen molar-refractivity contribution in [3.63, 3.8) is 0 Å². The fourth-order valence-corrected chi connectivity index (χ4v) is 1.10. The van der Waals surface area contributed by atoms with Crippen molar-refractivity contribution >= 4 is 11.6 Å². The number of carbonyl (C=O) groups is 1. The van der Waals surface area contributed by atoms with E-state index in [1.165, 1.54) is 24.3 Å². The Morgan fingerprint density at radius 2 is 2.06 bits per heavy atom. The van der Waals surface area contributed by atoms with Crippen molar-refractivity contribution in [3.8, 4) is 6.07 Å². The largest absolute Gasteiger partial charge is 0.368 e. The summed E-state index contributed by atoms with van der Waals surface area (Å²) in [5, 5.41) is 11.4. The van der Waals surface area contributed by atoms with Gasteiger partial charge in [0.05, 0.1) is 6.07 Å². The number of primary amides is 1. The van der Waals surface area contributed by atoms with Crippen molar-refractivity contribution in [2.75, 3.05) is 5.32 Å². The SMILES string of the molecule is C=C(Nc1ccc(F)cc1)[C@H](C#N)C(N)=O. The second-order valence-corrected chi connectivity index (χ2v) is 3.12. The van der Waals surface area contributed by atoms with E-state index in [9.17, 15) is 9.18 Å². The lowest BCUT2D eigenvalue weighted by molar-refractivity contribution is -0.119. The van der Waals surface area contributed by atoms with E-state index in [4.69, 9.17) is 11.0 Å². The molecule has 1 atom stereocenters. The van der Waals surface area contributed by atoms with Crippen molar-refractivity contribution in [1.29, 1.82) is 5.26 Å². The molecule has 82 valence electrons. The first-order valence-corrected chi connectivity index (χ1v) is 4.45. The molecule has 0 fully saturated rings. The van der Waals surface area contributed by atoms with Crippen LogP contribution in [0.2, 0.25) is 0 Å². The summed E-state index contributed by atoms with van der Waals surface area (Å²) in [5.41, 5.74) is 5.71. The van der Waals surface area contributed by atoms with Crippen molar-refractivity contribution < 1.29 is 9.18 Å². The van der Waals surface area contributed by atoms with E-state index in [1.807, 2.05) is 0 Å². The topological polar surface area (TPSA) is 78.9 Å². The third-order valence-corrected chi connectivity index (χ3v) is 1.91. The fraction of sp³-hybridized carbons (Fsp3) is 0.0909. The molecule has 1 aromatic carbocycles. The number of halogens is 1. The van der Waals surface area contributed by atoms with Gasteiger partial charge in [-0.05, 0) is 24.3 Å². The quantitative estimate of drug-likeness (QED) is 0.802. The van der Waals surface area contributed by atoms with Gasteiger partial charge in [0, 0.05) is 11.4 Å². The highest BCUT2D eigenvalue weighted by molar-refractivity contribution is 5.83. The van der Waals surface area contributed by atoms with Gasteiger partial charge >= 0.3 is 0 Å². The number of rotatable bonds is 4. The molecule has 0 heterocycles. The minimum absolute atomic E-state index is 0.168. The Kier molecular flexibility index (Phi) is 3.62. The minimum atomic E-state index is -1.11. The summed E-state index contributed by atoms with van der Waals surface area (Å²) in [5.74, 6) is -2.25. The number of hydrogen-bond donors (Lipinski definition) is 2. The molecule has 0 unspecified atom stereocenters. The molecule has 4 nitrogen and oxygen atoms in total. The Bertz CT molecular complexity index is 447. The molecule has 0 aliphatic rings. The van der Waals surface area contributed by atoms with Crippen LogP contribution in [0.1, 0.15) is 0 Å². The first-order valence-electron chi connectivity index (χ1n) is 4.45. The van der Waals surface area contributed by atoms with Gasteiger partial charge < -0.3 is 11.1 Å². The average molecular weight is 219 g/mol. The van der Waals surface area contributed by atoms with Gasteiger partial charge in [0.15, 0.2) is 5.92 Å². The number of benzene rings is 1. The number of nitriles is 1. The van der Waals surface area contributed by atoms with E-state index in [0.29, 0.717) is 5.69 Å². The van der Waals surface area contributed by atoms with Gasteiger partial charge in [0.1, 0.15) is 5.82 Å². The summed E-state index contributed by atoms with van der Waals surface area (Å²) < 4.78 is 12.6. The van der Waals surface area contributed by atoms with Gasteiger partial charge in [-0.15, -0.1) is 0 Å². The maximum atomic E-state index is 12.6. The number of amides is 1. The van der Waals surface area contributed by atoms with Crippen molar-refractivity contribution in [3.05, 3.63) is 42.4 Å². The summed E-state index contributed by atoms with van der Waals surface area (Å²) in [6, 6.07) is 7.16. The van der Waals surface area contributed by atoms with Crippen LogP contribution in [0.4, 0.5) is 10.1 Å². The smallest absolute Gasteiger partial charge is 0.240 e. The molecule has 0 saturated heterocycles. The van der Waals surface area contributed by atoms with E-state index >= 15 is 0 Å². The van der Waals surface area contributed by atoms with Gasteiger partial charge in [-0.25, -0.2) is 4.39 Å². The van der Waals surface area contributed by atoms with Crippen LogP contribution in [-0.2, 0) is 4.79 Å². The highest BCUT2D eigenvalue weighted by Gasteiger charge is 2.18. The lowest BCUT2D eigenvalue weighted by Crippen LogP contribution is -2.26. The van der Waals surface area contributed by atoms with Crippen LogP contribution >= 0.6 is 0 Å². The molecular weight excluding hydrogens is 209 g/mol. The van der Waals surface area contributed by atoms with Crippen LogP contribution in [-0.4, -0.2) is 5.91 Å². The average Bonchev–Trinajstić information content (AvgIpc) is 2.22. The maximum absolute atomic E-state index is 12.6. The summed E-state index contributed by atoms with van der Waals surface area (Å²) in [4.78, 5) is 10.9. The molecule has 1 amide bonds. The van der Waals surface area contributed by atoms with Gasteiger partial charge in [0.2, 0.25) is 5.91 Å². The van der Waals surface area contributed by atoms with Crippen molar-refractivity contribution in [2.45, 2.75) is 0 Å². The maximum Gasteiger partial charge on any atom is 0.240 e. The number of nitrogens with zero attached hydrogens (tertiary/aromatic N) is 1. The number of anilines is 1. The van der Waals surface area contributed by atoms with E-state index in [0.717, 1.165) is 0 Å². The van der Waals surface area contributed by atoms with Crippen molar-refractivity contribution in [1.82, 2.24) is 0 Å². The van der Waals surface area contributed by atoms with Crippen LogP contribution in [0.3, 0.4) is 0 Å². The van der Waals surface area contributed by atoms with Crippen LogP contribution in [0.15, 0.2) is 36.5 Å². The van der Waals surface area contributed by atoms with Crippen LogP contribution in [0, 0.1) is 23.1 Å². The predicted octanol–water partition coefficient (Wildman–Crippen LogP) is 1.38. The van der Waals surface area contributed by atoms with E-state index < -0.39 is 11.8 Å². The monoisotopic (exact) mass is 219 g/mol. The predicted molar refractivity (Wildman–Crippen MR) is 57.5 cm³/mol. The summed E-state index contributed by atoms with van der Waals surface area (Å²) in [6.07, 6.45) is 0. The molecule has 0 radical (unpaired) electrons. The molecule has 0 bridgehead atoms. The standard InChI is InChI=1S/C11H10FN3O/c1-7(10(6-13)11(14)16)15-9-4-2-8(12)3-5-9/h2-5,10,15H,1H2,(H2,14,16)/t10-/m0/s1. The summed E-state index contributed by atoms with van der Waals surface area (Å²) in [6.45, 7) is 3.54. The molecule has 3 N–H and O–H groups in total. The Hall–Kier alpha value is -2.35. The van der Waals surface area contributed by atoms with Gasteiger partial charge in [-0.3, -0.25) is 4.79 Å². The molecule has 0 spiro atoms. The number of carbonyl (C=O) groups excluding carboxylic acids is 1. The molecule has 0 aliphatic carbocycles. The van der Waals surface area contributed by atoms with Gasteiger partial charge in [-0.2, -0.15) is 5.26 Å². The Labute approximate surface area is 92.2 Å². The lowest BCUT2D eigenvalue weighted by atomic mass is 10.1. The van der Waals surface area contributed by atoms with Gasteiger partial charge in [0.25, 0.3) is 0 Å². The Morgan fingerprint density at radius 3 is 2.50 bits per heavy atom. The molecule has 1 aromatic rings. The van der Waals surface area contributed by atoms with Crippen LogP contribution < -0.4 is 11.1 Å². The molecule has 1 rings (SSSR count). The molecule has 16 heavy (non-hydrogen) atoms. The van der Waals surface area contributed by atoms with E-state index in [1.54, 1.807) is 6.07 Å². The van der Waals surface area contributed by atoms with Crippen LogP contribution in [0.5, 0.6) is 0 Å². The summed E-state index contributed by atoms with van der Waals surface area (Å²) >= 11 is 0.